The normalized spacial score (nSPS) is 10.7. The van der Waals surface area contributed by atoms with Crippen molar-refractivity contribution in [2.75, 3.05) is 0 Å². The van der Waals surface area contributed by atoms with E-state index in [0.717, 1.165) is 25.7 Å². The largest absolute Gasteiger partial charge is 2.00 e. The van der Waals surface area contributed by atoms with Crippen molar-refractivity contribution in [1.29, 1.82) is 0 Å². The molecule has 0 atom stereocenters. The third kappa shape index (κ3) is 42.0. The third-order valence-corrected chi connectivity index (χ3v) is 8.20. The summed E-state index contributed by atoms with van der Waals surface area (Å²) in [6.07, 6.45) is 40.1. The van der Waals surface area contributed by atoms with Crippen molar-refractivity contribution in [3.8, 4) is 0 Å². The molecule has 0 aliphatic heterocycles. The number of esters is 2. The van der Waals surface area contributed by atoms with Gasteiger partial charge < -0.3 is 9.02 Å². The van der Waals surface area contributed by atoms with Gasteiger partial charge in [0.2, 0.25) is 0 Å². The summed E-state index contributed by atoms with van der Waals surface area (Å²) in [6.45, 7) is 4.55. The van der Waals surface area contributed by atoms with Crippen LogP contribution < -0.4 is 51.4 Å². The average molecular weight is 633 g/mol. The van der Waals surface area contributed by atoms with Gasteiger partial charge >= 0.3 is 101 Å². The minimum atomic E-state index is -0.323. The molecule has 0 aromatic rings. The van der Waals surface area contributed by atoms with Crippen LogP contribution in [0.25, 0.3) is 0 Å². The quantitative estimate of drug-likeness (QED) is 0.0321. The van der Waals surface area contributed by atoms with Gasteiger partial charge in [0.15, 0.2) is 0 Å². The summed E-state index contributed by atoms with van der Waals surface area (Å²) in [5.41, 5.74) is 0. The Labute approximate surface area is 334 Å². The molecular weight excluding hydrogens is 560 g/mol. The Morgan fingerprint density at radius 3 is 0.732 bits per heavy atom. The molecule has 0 bridgehead atoms. The Morgan fingerprint density at radius 1 is 0.366 bits per heavy atom. The van der Waals surface area contributed by atoms with Crippen LogP contribution in [0.4, 0.5) is 0 Å². The summed E-state index contributed by atoms with van der Waals surface area (Å²) in [5.74, 6) is -0.647. The summed E-state index contributed by atoms with van der Waals surface area (Å²) in [5, 5.41) is 0. The van der Waals surface area contributed by atoms with Gasteiger partial charge in [0.25, 0.3) is 0 Å². The van der Waals surface area contributed by atoms with Gasteiger partial charge in [-0.15, -0.1) is 0 Å². The zero-order valence-electron chi connectivity index (χ0n) is 31.6. The fourth-order valence-corrected chi connectivity index (χ4v) is 5.51. The van der Waals surface area contributed by atoms with E-state index in [4.69, 9.17) is 4.74 Å². The van der Waals surface area contributed by atoms with E-state index in [9.17, 15) is 9.59 Å². The molecule has 0 amide bonds. The van der Waals surface area contributed by atoms with Gasteiger partial charge in [-0.3, -0.25) is 9.59 Å². The van der Waals surface area contributed by atoms with Crippen LogP contribution in [0.5, 0.6) is 0 Å². The SMILES string of the molecule is CCCCCCCCCCCCCCCCCC(=O)OC(=O)CCCCCCCCCCCCCCCCC.[Ca+2].[H-].[H-].[H-].[K+]. The Kier molecular flexibility index (Phi) is 48.6. The number of carbonyl (C=O) groups excluding carboxylic acids is 2. The molecule has 0 spiro atoms. The Bertz CT molecular complexity index is 487. The monoisotopic (exact) mass is 632 g/mol. The molecule has 0 aromatic carbocycles. The second-order valence-corrected chi connectivity index (χ2v) is 12.2. The molecule has 0 aromatic heterocycles. The first-order valence-corrected chi connectivity index (χ1v) is 17.9. The van der Waals surface area contributed by atoms with E-state index in [1.807, 2.05) is 0 Å². The fourth-order valence-electron chi connectivity index (χ4n) is 5.51. The van der Waals surface area contributed by atoms with Crippen molar-refractivity contribution >= 4 is 49.7 Å². The summed E-state index contributed by atoms with van der Waals surface area (Å²) < 4.78 is 5.01. The summed E-state index contributed by atoms with van der Waals surface area (Å²) in [4.78, 5) is 23.8. The first kappa shape index (κ1) is 47.4. The van der Waals surface area contributed by atoms with Crippen LogP contribution >= 0.6 is 0 Å². The van der Waals surface area contributed by atoms with Gasteiger partial charge in [0.1, 0.15) is 0 Å². The first-order valence-electron chi connectivity index (χ1n) is 17.9. The molecule has 0 radical (unpaired) electrons. The van der Waals surface area contributed by atoms with Crippen molar-refractivity contribution in [3.63, 3.8) is 0 Å². The molecule has 0 N–H and O–H groups in total. The van der Waals surface area contributed by atoms with Crippen molar-refractivity contribution in [1.82, 2.24) is 0 Å². The predicted octanol–water partition coefficient (Wildman–Crippen LogP) is 9.54. The van der Waals surface area contributed by atoms with E-state index in [1.165, 1.54) is 167 Å². The van der Waals surface area contributed by atoms with Crippen LogP contribution in [0.2, 0.25) is 0 Å². The number of ether oxygens (including phenoxy) is 1. The number of unbranched alkanes of at least 4 members (excludes halogenated alkanes) is 28. The first-order chi connectivity index (χ1) is 19.2. The number of carbonyl (C=O) groups is 2. The standard InChI is InChI=1S/C36H70O3.Ca.K.3H/c1-3-5-7-9-11-13-15-17-19-21-23-25-27-29-31-33-35(37)39-36(38)34-32-30-28-26-24-22-20-18-16-14-12-10-8-6-4-2;;;;;/h3-34H2,1-2H3;;;;;/q;+2;+1;3*-1. The second-order valence-electron chi connectivity index (χ2n) is 12.2. The summed E-state index contributed by atoms with van der Waals surface area (Å²) >= 11 is 0. The van der Waals surface area contributed by atoms with E-state index in [2.05, 4.69) is 13.8 Å². The van der Waals surface area contributed by atoms with E-state index >= 15 is 0 Å². The number of hydrogen-bond donors (Lipinski definition) is 0. The molecule has 3 nitrogen and oxygen atoms in total. The third-order valence-electron chi connectivity index (χ3n) is 8.20. The molecule has 5 heteroatoms. The van der Waals surface area contributed by atoms with Crippen LogP contribution in [0.1, 0.15) is 224 Å². The summed E-state index contributed by atoms with van der Waals surface area (Å²) in [7, 11) is 0. The molecule has 0 saturated heterocycles. The molecule has 0 aliphatic rings. The van der Waals surface area contributed by atoms with Gasteiger partial charge in [-0.1, -0.05) is 194 Å². The van der Waals surface area contributed by atoms with Crippen LogP contribution in [-0.4, -0.2) is 49.7 Å². The zero-order valence-corrected chi connectivity index (χ0v) is 33.9. The molecular formula is C36H73CaKO3. The maximum Gasteiger partial charge on any atom is 2.00 e. The van der Waals surface area contributed by atoms with Crippen molar-refractivity contribution in [2.45, 2.75) is 219 Å². The fraction of sp³-hybridized carbons (Fsp3) is 0.944. The van der Waals surface area contributed by atoms with E-state index in [1.54, 1.807) is 0 Å². The smallest absolute Gasteiger partial charge is 1.00 e. The molecule has 0 unspecified atom stereocenters. The van der Waals surface area contributed by atoms with Crippen molar-refractivity contribution < 1.29 is 70.0 Å². The molecule has 0 saturated carbocycles. The zero-order chi connectivity index (χ0) is 28.5. The molecule has 238 valence electrons. The second kappa shape index (κ2) is 42.0. The van der Waals surface area contributed by atoms with Crippen LogP contribution in [0.15, 0.2) is 0 Å². The topological polar surface area (TPSA) is 43.4 Å². The van der Waals surface area contributed by atoms with Gasteiger partial charge in [-0.05, 0) is 12.8 Å². The van der Waals surface area contributed by atoms with E-state index < -0.39 is 0 Å². The van der Waals surface area contributed by atoms with Crippen LogP contribution in [-0.2, 0) is 14.3 Å². The van der Waals surface area contributed by atoms with Gasteiger partial charge in [0, 0.05) is 12.8 Å². The maximum absolute atomic E-state index is 11.9. The number of hydrogen-bond acceptors (Lipinski definition) is 3. The van der Waals surface area contributed by atoms with E-state index in [0.29, 0.717) is 12.8 Å². The van der Waals surface area contributed by atoms with Gasteiger partial charge in [0.05, 0.1) is 0 Å². The maximum atomic E-state index is 11.9. The Morgan fingerprint density at radius 2 is 0.537 bits per heavy atom. The van der Waals surface area contributed by atoms with Crippen molar-refractivity contribution in [2.24, 2.45) is 0 Å². The van der Waals surface area contributed by atoms with Crippen LogP contribution in [0.3, 0.4) is 0 Å². The van der Waals surface area contributed by atoms with Gasteiger partial charge in [-0.25, -0.2) is 0 Å². The predicted molar refractivity (Wildman–Crippen MR) is 179 cm³/mol. The Hall–Kier alpha value is 2.04. The van der Waals surface area contributed by atoms with Crippen molar-refractivity contribution in [3.05, 3.63) is 0 Å². The average Bonchev–Trinajstić information content (AvgIpc) is 2.93. The van der Waals surface area contributed by atoms with Crippen LogP contribution in [0, 0.1) is 0 Å². The Balaban J connectivity index is -0.000000722. The minimum Gasteiger partial charge on any atom is -1.00 e. The minimum absolute atomic E-state index is 0. The van der Waals surface area contributed by atoms with E-state index in [-0.39, 0.29) is 105 Å². The molecule has 0 aliphatic carbocycles. The number of rotatable bonds is 32. The molecule has 0 fully saturated rings. The summed E-state index contributed by atoms with van der Waals surface area (Å²) in [6, 6.07) is 0. The van der Waals surface area contributed by atoms with Gasteiger partial charge in [-0.2, -0.15) is 0 Å². The molecule has 0 rings (SSSR count). The molecule has 0 heterocycles. The molecule has 41 heavy (non-hydrogen) atoms.